The van der Waals surface area contributed by atoms with Gasteiger partial charge in [0.05, 0.1) is 0 Å². The van der Waals surface area contributed by atoms with E-state index in [1.54, 1.807) is 0 Å². The predicted octanol–water partition coefficient (Wildman–Crippen LogP) is 4.89. The van der Waals surface area contributed by atoms with E-state index < -0.39 is 0 Å². The van der Waals surface area contributed by atoms with E-state index in [0.29, 0.717) is 11.9 Å². The summed E-state index contributed by atoms with van der Waals surface area (Å²) < 4.78 is 0. The second kappa shape index (κ2) is 6.99. The van der Waals surface area contributed by atoms with Crippen LogP contribution in [0.25, 0.3) is 0 Å². The van der Waals surface area contributed by atoms with Crippen LogP contribution in [0, 0.1) is 12.8 Å². The van der Waals surface area contributed by atoms with Crippen molar-refractivity contribution in [1.82, 2.24) is 9.97 Å². The Labute approximate surface area is 139 Å². The van der Waals surface area contributed by atoms with E-state index in [9.17, 15) is 0 Å². The van der Waals surface area contributed by atoms with E-state index in [-0.39, 0.29) is 5.41 Å². The summed E-state index contributed by atoms with van der Waals surface area (Å²) in [5.41, 5.74) is 3.46. The normalized spacial score (nSPS) is 11.6. The van der Waals surface area contributed by atoms with Crippen LogP contribution in [0.4, 0.5) is 17.5 Å². The molecule has 23 heavy (non-hydrogen) atoms. The summed E-state index contributed by atoms with van der Waals surface area (Å²) in [5.74, 6) is 2.04. The summed E-state index contributed by atoms with van der Waals surface area (Å²) in [6.07, 6.45) is 0. The lowest BCUT2D eigenvalue weighted by molar-refractivity contribution is 0.590. The van der Waals surface area contributed by atoms with E-state index in [1.165, 1.54) is 5.56 Å². The summed E-state index contributed by atoms with van der Waals surface area (Å²) in [5, 5.41) is 6.64. The van der Waals surface area contributed by atoms with Crippen LogP contribution in [0.3, 0.4) is 0 Å². The number of aromatic nitrogens is 2. The molecule has 0 amide bonds. The van der Waals surface area contributed by atoms with E-state index in [4.69, 9.17) is 0 Å². The third-order valence-corrected chi connectivity index (χ3v) is 3.55. The molecule has 0 aliphatic carbocycles. The third kappa shape index (κ3) is 5.23. The fraction of sp³-hybridized carbons (Fsp3) is 0.474. The zero-order chi connectivity index (χ0) is 17.0. The highest BCUT2D eigenvalue weighted by Crippen LogP contribution is 2.24. The van der Waals surface area contributed by atoms with Crippen LogP contribution >= 0.6 is 0 Å². The van der Waals surface area contributed by atoms with Gasteiger partial charge in [0.25, 0.3) is 0 Å². The van der Waals surface area contributed by atoms with Crippen molar-refractivity contribution in [3.63, 3.8) is 0 Å². The molecule has 0 saturated heterocycles. The first-order chi connectivity index (χ1) is 10.7. The molecule has 4 heteroatoms. The molecule has 0 atom stereocenters. The van der Waals surface area contributed by atoms with Crippen molar-refractivity contribution in [2.45, 2.75) is 47.0 Å². The van der Waals surface area contributed by atoms with E-state index >= 15 is 0 Å². The van der Waals surface area contributed by atoms with Crippen LogP contribution in [0.5, 0.6) is 0 Å². The molecule has 1 aromatic carbocycles. The van der Waals surface area contributed by atoms with Gasteiger partial charge in [-0.2, -0.15) is 4.98 Å². The van der Waals surface area contributed by atoms with Gasteiger partial charge >= 0.3 is 0 Å². The van der Waals surface area contributed by atoms with Crippen molar-refractivity contribution in [1.29, 1.82) is 0 Å². The van der Waals surface area contributed by atoms with Gasteiger partial charge in [0, 0.05) is 24.0 Å². The zero-order valence-electron chi connectivity index (χ0n) is 15.1. The molecule has 2 rings (SSSR count). The minimum Gasteiger partial charge on any atom is -0.354 e. The summed E-state index contributed by atoms with van der Waals surface area (Å²) >= 11 is 0. The topological polar surface area (TPSA) is 49.8 Å². The SMILES string of the molecule is Cc1cc(Nc2ccc(C(C)(C)C)cc2)nc(NCC(C)C)n1. The van der Waals surface area contributed by atoms with Crippen LogP contribution in [-0.2, 0) is 5.41 Å². The molecule has 0 radical (unpaired) electrons. The van der Waals surface area contributed by atoms with E-state index in [1.807, 2.05) is 13.0 Å². The zero-order valence-corrected chi connectivity index (χ0v) is 15.1. The number of nitrogens with one attached hydrogen (secondary N) is 2. The number of aryl methyl sites for hydroxylation is 1. The smallest absolute Gasteiger partial charge is 0.224 e. The van der Waals surface area contributed by atoms with E-state index in [2.05, 4.69) is 79.5 Å². The standard InChI is InChI=1S/C19H28N4/c1-13(2)12-20-18-21-14(3)11-17(23-18)22-16-9-7-15(8-10-16)19(4,5)6/h7-11,13H,12H2,1-6H3,(H2,20,21,22,23). The molecule has 0 unspecified atom stereocenters. The average molecular weight is 312 g/mol. The van der Waals surface area contributed by atoms with Gasteiger partial charge in [-0.25, -0.2) is 4.98 Å². The fourth-order valence-electron chi connectivity index (χ4n) is 2.21. The quantitative estimate of drug-likeness (QED) is 0.825. The molecule has 0 spiro atoms. The lowest BCUT2D eigenvalue weighted by Gasteiger charge is -2.19. The average Bonchev–Trinajstić information content (AvgIpc) is 2.44. The molecule has 1 aromatic heterocycles. The van der Waals surface area contributed by atoms with Gasteiger partial charge in [0.15, 0.2) is 0 Å². The Morgan fingerprint density at radius 2 is 1.70 bits per heavy atom. The Morgan fingerprint density at radius 1 is 1.04 bits per heavy atom. The van der Waals surface area contributed by atoms with Gasteiger partial charge < -0.3 is 10.6 Å². The minimum atomic E-state index is 0.165. The largest absolute Gasteiger partial charge is 0.354 e. The molecule has 1 heterocycles. The second-order valence-corrected chi connectivity index (χ2v) is 7.45. The molecular formula is C19H28N4. The molecule has 0 aliphatic heterocycles. The molecule has 0 aliphatic rings. The first-order valence-corrected chi connectivity index (χ1v) is 8.21. The van der Waals surface area contributed by atoms with Crippen molar-refractivity contribution >= 4 is 17.5 Å². The third-order valence-electron chi connectivity index (χ3n) is 3.55. The Bertz CT molecular complexity index is 639. The molecule has 124 valence electrons. The van der Waals surface area contributed by atoms with Gasteiger partial charge in [-0.3, -0.25) is 0 Å². The van der Waals surface area contributed by atoms with Crippen molar-refractivity contribution in [2.75, 3.05) is 17.2 Å². The van der Waals surface area contributed by atoms with Crippen LogP contribution in [0.1, 0.15) is 45.9 Å². The first kappa shape index (κ1) is 17.3. The van der Waals surface area contributed by atoms with Crippen molar-refractivity contribution in [3.05, 3.63) is 41.6 Å². The highest BCUT2D eigenvalue weighted by Gasteiger charge is 2.13. The Morgan fingerprint density at radius 3 is 2.26 bits per heavy atom. The Balaban J connectivity index is 2.13. The van der Waals surface area contributed by atoms with Gasteiger partial charge in [0.1, 0.15) is 5.82 Å². The molecule has 4 nitrogen and oxygen atoms in total. The highest BCUT2D eigenvalue weighted by atomic mass is 15.1. The Hall–Kier alpha value is -2.10. The molecule has 2 aromatic rings. The lowest BCUT2D eigenvalue weighted by Crippen LogP contribution is -2.12. The molecule has 2 N–H and O–H groups in total. The number of benzene rings is 1. The predicted molar refractivity (Wildman–Crippen MR) is 98.5 cm³/mol. The van der Waals surface area contributed by atoms with Crippen LogP contribution in [0.2, 0.25) is 0 Å². The number of nitrogens with zero attached hydrogens (tertiary/aromatic N) is 2. The van der Waals surface area contributed by atoms with Crippen molar-refractivity contribution in [2.24, 2.45) is 5.92 Å². The first-order valence-electron chi connectivity index (χ1n) is 8.21. The summed E-state index contributed by atoms with van der Waals surface area (Å²) in [6, 6.07) is 10.5. The van der Waals surface area contributed by atoms with Gasteiger partial charge in [0.2, 0.25) is 5.95 Å². The molecular weight excluding hydrogens is 284 g/mol. The monoisotopic (exact) mass is 312 g/mol. The van der Waals surface area contributed by atoms with Gasteiger partial charge in [-0.15, -0.1) is 0 Å². The summed E-state index contributed by atoms with van der Waals surface area (Å²) in [4.78, 5) is 8.97. The van der Waals surface area contributed by atoms with Crippen molar-refractivity contribution in [3.8, 4) is 0 Å². The number of anilines is 3. The fourth-order valence-corrected chi connectivity index (χ4v) is 2.21. The second-order valence-electron chi connectivity index (χ2n) is 7.45. The molecule has 0 saturated carbocycles. The Kier molecular flexibility index (Phi) is 5.24. The highest BCUT2D eigenvalue weighted by molar-refractivity contribution is 5.58. The van der Waals surface area contributed by atoms with Crippen LogP contribution in [-0.4, -0.2) is 16.5 Å². The summed E-state index contributed by atoms with van der Waals surface area (Å²) in [7, 11) is 0. The van der Waals surface area contributed by atoms with Crippen LogP contribution in [0.15, 0.2) is 30.3 Å². The van der Waals surface area contributed by atoms with E-state index in [0.717, 1.165) is 23.7 Å². The maximum Gasteiger partial charge on any atom is 0.224 e. The van der Waals surface area contributed by atoms with Crippen molar-refractivity contribution < 1.29 is 0 Å². The maximum atomic E-state index is 4.54. The summed E-state index contributed by atoms with van der Waals surface area (Å²) in [6.45, 7) is 13.8. The number of rotatable bonds is 5. The maximum absolute atomic E-state index is 4.54. The molecule has 0 bridgehead atoms. The van der Waals surface area contributed by atoms with Gasteiger partial charge in [-0.05, 0) is 36.0 Å². The number of hydrogen-bond donors (Lipinski definition) is 2. The molecule has 0 fully saturated rings. The van der Waals surface area contributed by atoms with Crippen LogP contribution < -0.4 is 10.6 Å². The minimum absolute atomic E-state index is 0.165. The lowest BCUT2D eigenvalue weighted by atomic mass is 9.87. The number of hydrogen-bond acceptors (Lipinski definition) is 4. The van der Waals surface area contributed by atoms with Gasteiger partial charge in [-0.1, -0.05) is 46.8 Å².